The molecule has 0 aliphatic carbocycles. The van der Waals surface area contributed by atoms with Crippen LogP contribution in [0.1, 0.15) is 56.2 Å². The van der Waals surface area contributed by atoms with Gasteiger partial charge in [0.25, 0.3) is 0 Å². The van der Waals surface area contributed by atoms with E-state index in [0.29, 0.717) is 5.92 Å². The summed E-state index contributed by atoms with van der Waals surface area (Å²) in [6.45, 7) is 10.6. The first-order chi connectivity index (χ1) is 9.43. The molecule has 0 N–H and O–H groups in total. The molecule has 0 amide bonds. The lowest BCUT2D eigenvalue weighted by Crippen LogP contribution is -1.90. The van der Waals surface area contributed by atoms with E-state index < -0.39 is 0 Å². The lowest BCUT2D eigenvalue weighted by Gasteiger charge is -2.07. The summed E-state index contributed by atoms with van der Waals surface area (Å²) in [6, 6.07) is 15.4. The van der Waals surface area contributed by atoms with Crippen molar-refractivity contribution in [1.82, 2.24) is 0 Å². The van der Waals surface area contributed by atoms with E-state index >= 15 is 0 Å². The monoisotopic (exact) mass is 272 g/mol. The molecular formula is C19H25F. The predicted octanol–water partition coefficient (Wildman–Crippen LogP) is 6.07. The normalized spacial score (nSPS) is 10.4. The van der Waals surface area contributed by atoms with Gasteiger partial charge in [-0.05, 0) is 41.5 Å². The summed E-state index contributed by atoms with van der Waals surface area (Å²) in [4.78, 5) is 0. The van der Waals surface area contributed by atoms with Crippen LogP contribution < -0.4 is 0 Å². The highest BCUT2D eigenvalue weighted by Gasteiger charge is 2.02. The van der Waals surface area contributed by atoms with E-state index in [1.54, 1.807) is 6.07 Å². The van der Waals surface area contributed by atoms with Crippen molar-refractivity contribution in [2.75, 3.05) is 0 Å². The molecule has 0 radical (unpaired) electrons. The lowest BCUT2D eigenvalue weighted by atomic mass is 9.99. The van der Waals surface area contributed by atoms with Crippen LogP contribution in [-0.2, 0) is 0 Å². The van der Waals surface area contributed by atoms with Crippen LogP contribution in [0.3, 0.4) is 0 Å². The van der Waals surface area contributed by atoms with Gasteiger partial charge in [-0.2, -0.15) is 0 Å². The summed E-state index contributed by atoms with van der Waals surface area (Å²) in [5.74, 6) is 0.833. The zero-order valence-corrected chi connectivity index (χ0v) is 13.2. The first kappa shape index (κ1) is 16.4. The van der Waals surface area contributed by atoms with E-state index in [0.717, 1.165) is 5.56 Å². The van der Waals surface area contributed by atoms with Gasteiger partial charge in [-0.3, -0.25) is 0 Å². The third-order valence-electron chi connectivity index (χ3n) is 3.34. The molecule has 2 aromatic rings. The van der Waals surface area contributed by atoms with Crippen LogP contribution in [0.5, 0.6) is 0 Å². The zero-order valence-electron chi connectivity index (χ0n) is 13.2. The van der Waals surface area contributed by atoms with Crippen molar-refractivity contribution in [2.45, 2.75) is 46.5 Å². The minimum atomic E-state index is -0.0995. The maximum Gasteiger partial charge on any atom is 0.126 e. The van der Waals surface area contributed by atoms with Gasteiger partial charge in [-0.15, -0.1) is 0 Å². The van der Waals surface area contributed by atoms with Crippen molar-refractivity contribution in [3.8, 4) is 0 Å². The first-order valence-corrected chi connectivity index (χ1v) is 7.23. The van der Waals surface area contributed by atoms with Crippen molar-refractivity contribution < 1.29 is 4.39 Å². The molecule has 1 heteroatoms. The Morgan fingerprint density at radius 2 is 1.15 bits per heavy atom. The van der Waals surface area contributed by atoms with Crippen molar-refractivity contribution in [3.05, 3.63) is 71.0 Å². The van der Waals surface area contributed by atoms with Crippen molar-refractivity contribution in [3.63, 3.8) is 0 Å². The second kappa shape index (κ2) is 7.84. The largest absolute Gasteiger partial charge is 0.207 e. The van der Waals surface area contributed by atoms with E-state index in [2.05, 4.69) is 45.0 Å². The van der Waals surface area contributed by atoms with Gasteiger partial charge in [0.2, 0.25) is 0 Å². The van der Waals surface area contributed by atoms with Gasteiger partial charge in [0.05, 0.1) is 0 Å². The van der Waals surface area contributed by atoms with Crippen LogP contribution in [0.25, 0.3) is 0 Å². The lowest BCUT2D eigenvalue weighted by molar-refractivity contribution is 0.598. The predicted molar refractivity (Wildman–Crippen MR) is 85.8 cm³/mol. The highest BCUT2D eigenvalue weighted by atomic mass is 19.1. The third-order valence-corrected chi connectivity index (χ3v) is 3.34. The maximum absolute atomic E-state index is 12.8. The Bertz CT molecular complexity index is 477. The molecule has 108 valence electrons. The van der Waals surface area contributed by atoms with Crippen molar-refractivity contribution in [1.29, 1.82) is 0 Å². The molecule has 2 aromatic carbocycles. The van der Waals surface area contributed by atoms with Gasteiger partial charge in [0, 0.05) is 0 Å². The third kappa shape index (κ3) is 4.80. The molecule has 0 saturated carbocycles. The topological polar surface area (TPSA) is 0 Å². The molecule has 0 spiro atoms. The molecule has 0 saturated heterocycles. The maximum atomic E-state index is 12.8. The molecule has 0 heterocycles. The summed E-state index contributed by atoms with van der Waals surface area (Å²) in [5.41, 5.74) is 3.66. The average Bonchev–Trinajstić information content (AvgIpc) is 2.40. The number of hydrogen-bond donors (Lipinski definition) is 0. The molecule has 0 aliphatic heterocycles. The summed E-state index contributed by atoms with van der Waals surface area (Å²) >= 11 is 0. The van der Waals surface area contributed by atoms with E-state index in [1.807, 2.05) is 26.0 Å². The standard InChI is InChI=1S/C10H14.C9H11F/c1-8(2)10-7-5-4-6-9(10)3;1-7(2)8-5-3-4-6-9(8)10/h4-8H,1-3H3;3-7H,1-2H3. The smallest absolute Gasteiger partial charge is 0.126 e. The minimum Gasteiger partial charge on any atom is -0.207 e. The highest BCUT2D eigenvalue weighted by molar-refractivity contribution is 5.27. The number of rotatable bonds is 2. The van der Waals surface area contributed by atoms with Gasteiger partial charge in [0.15, 0.2) is 0 Å². The molecular weight excluding hydrogens is 247 g/mol. The second-order valence-electron chi connectivity index (χ2n) is 5.69. The highest BCUT2D eigenvalue weighted by Crippen LogP contribution is 2.17. The van der Waals surface area contributed by atoms with Crippen molar-refractivity contribution >= 4 is 0 Å². The SMILES string of the molecule is CC(C)c1ccccc1F.Cc1ccccc1C(C)C. The van der Waals surface area contributed by atoms with Gasteiger partial charge >= 0.3 is 0 Å². The summed E-state index contributed by atoms with van der Waals surface area (Å²) in [6.07, 6.45) is 0. The fourth-order valence-electron chi connectivity index (χ4n) is 2.18. The molecule has 20 heavy (non-hydrogen) atoms. The van der Waals surface area contributed by atoms with E-state index in [-0.39, 0.29) is 11.7 Å². The Morgan fingerprint density at radius 1 is 0.700 bits per heavy atom. The van der Waals surface area contributed by atoms with Gasteiger partial charge in [0.1, 0.15) is 5.82 Å². The molecule has 0 atom stereocenters. The van der Waals surface area contributed by atoms with Crippen LogP contribution in [0, 0.1) is 12.7 Å². The first-order valence-electron chi connectivity index (χ1n) is 7.23. The van der Waals surface area contributed by atoms with Crippen LogP contribution in [0.15, 0.2) is 48.5 Å². The molecule has 0 unspecified atom stereocenters. The van der Waals surface area contributed by atoms with E-state index in [9.17, 15) is 4.39 Å². The Labute approximate surface area is 122 Å². The van der Waals surface area contributed by atoms with Crippen LogP contribution >= 0.6 is 0 Å². The average molecular weight is 272 g/mol. The van der Waals surface area contributed by atoms with E-state index in [4.69, 9.17) is 0 Å². The number of aryl methyl sites for hydroxylation is 1. The zero-order chi connectivity index (χ0) is 15.1. The van der Waals surface area contributed by atoms with Gasteiger partial charge in [-0.25, -0.2) is 4.39 Å². The Hall–Kier alpha value is -1.63. The van der Waals surface area contributed by atoms with Gasteiger partial charge in [-0.1, -0.05) is 70.2 Å². The quantitative estimate of drug-likeness (QED) is 0.622. The van der Waals surface area contributed by atoms with Crippen LogP contribution in [-0.4, -0.2) is 0 Å². The summed E-state index contributed by atoms with van der Waals surface area (Å²) in [5, 5.41) is 0. The number of benzene rings is 2. The minimum absolute atomic E-state index is 0.0995. The molecule has 0 nitrogen and oxygen atoms in total. The summed E-state index contributed by atoms with van der Waals surface area (Å²) < 4.78 is 12.8. The summed E-state index contributed by atoms with van der Waals surface area (Å²) in [7, 11) is 0. The molecule has 0 bridgehead atoms. The Morgan fingerprint density at radius 3 is 1.50 bits per heavy atom. The van der Waals surface area contributed by atoms with Gasteiger partial charge < -0.3 is 0 Å². The number of hydrogen-bond acceptors (Lipinski definition) is 0. The molecule has 2 rings (SSSR count). The second-order valence-corrected chi connectivity index (χ2v) is 5.69. The van der Waals surface area contributed by atoms with Crippen LogP contribution in [0.4, 0.5) is 4.39 Å². The molecule has 0 aliphatic rings. The number of halogens is 1. The van der Waals surface area contributed by atoms with Crippen molar-refractivity contribution in [2.24, 2.45) is 0 Å². The molecule has 0 aromatic heterocycles. The fourth-order valence-corrected chi connectivity index (χ4v) is 2.18. The Kier molecular flexibility index (Phi) is 6.44. The fraction of sp³-hybridized carbons (Fsp3) is 0.368. The Balaban J connectivity index is 0.000000200. The van der Waals surface area contributed by atoms with Crippen LogP contribution in [0.2, 0.25) is 0 Å². The van der Waals surface area contributed by atoms with E-state index in [1.165, 1.54) is 17.2 Å². The molecule has 0 fully saturated rings.